The Morgan fingerprint density at radius 1 is 1.19 bits per heavy atom. The maximum atomic E-state index is 13.4. The SMILES string of the molecule is O=[N+]([O-])c1cc(Br)ccc1Cn1ccc2ccc(F)cc21. The normalized spacial score (nSPS) is 11.0. The number of nitro groups is 1. The molecule has 0 spiro atoms. The van der Waals surface area contributed by atoms with Gasteiger partial charge in [0.15, 0.2) is 0 Å². The van der Waals surface area contributed by atoms with Crippen molar-refractivity contribution in [1.82, 2.24) is 4.57 Å². The van der Waals surface area contributed by atoms with Crippen molar-refractivity contribution in [3.05, 3.63) is 74.6 Å². The highest BCUT2D eigenvalue weighted by Crippen LogP contribution is 2.26. The molecule has 21 heavy (non-hydrogen) atoms. The molecule has 3 aromatic rings. The van der Waals surface area contributed by atoms with Crippen molar-refractivity contribution in [2.24, 2.45) is 0 Å². The van der Waals surface area contributed by atoms with Gasteiger partial charge in [0.1, 0.15) is 5.82 Å². The van der Waals surface area contributed by atoms with Gasteiger partial charge in [-0.1, -0.05) is 15.9 Å². The number of hydrogen-bond donors (Lipinski definition) is 0. The van der Waals surface area contributed by atoms with Crippen molar-refractivity contribution in [2.45, 2.75) is 6.54 Å². The van der Waals surface area contributed by atoms with Gasteiger partial charge in [-0.25, -0.2) is 4.39 Å². The van der Waals surface area contributed by atoms with Crippen LogP contribution < -0.4 is 0 Å². The number of halogens is 2. The summed E-state index contributed by atoms with van der Waals surface area (Å²) in [5.74, 6) is -0.326. The lowest BCUT2D eigenvalue weighted by Crippen LogP contribution is -2.02. The average Bonchev–Trinajstić information content (AvgIpc) is 2.83. The maximum absolute atomic E-state index is 13.4. The zero-order valence-electron chi connectivity index (χ0n) is 10.8. The summed E-state index contributed by atoms with van der Waals surface area (Å²) in [7, 11) is 0. The molecule has 0 amide bonds. The van der Waals surface area contributed by atoms with Crippen molar-refractivity contribution in [2.75, 3.05) is 0 Å². The third-order valence-corrected chi connectivity index (χ3v) is 3.81. The van der Waals surface area contributed by atoms with Gasteiger partial charge in [0.05, 0.1) is 17.0 Å². The molecule has 0 atom stereocenters. The first kappa shape index (κ1) is 13.8. The average molecular weight is 349 g/mol. The standard InChI is InChI=1S/C15H10BrFN2O2/c16-12-3-1-11(15(7-12)19(20)21)9-18-6-5-10-2-4-13(17)8-14(10)18/h1-8H,9H2. The number of nitro benzene ring substituents is 1. The largest absolute Gasteiger partial charge is 0.343 e. The van der Waals surface area contributed by atoms with E-state index in [0.717, 1.165) is 5.39 Å². The summed E-state index contributed by atoms with van der Waals surface area (Å²) < 4.78 is 15.8. The summed E-state index contributed by atoms with van der Waals surface area (Å²) in [4.78, 5) is 10.7. The van der Waals surface area contributed by atoms with Gasteiger partial charge in [-0.3, -0.25) is 10.1 Å². The lowest BCUT2D eigenvalue weighted by atomic mass is 10.2. The van der Waals surface area contributed by atoms with E-state index < -0.39 is 4.92 Å². The second-order valence-corrected chi connectivity index (χ2v) is 5.59. The van der Waals surface area contributed by atoms with Crippen LogP contribution in [0.5, 0.6) is 0 Å². The van der Waals surface area contributed by atoms with Crippen LogP contribution in [0.3, 0.4) is 0 Å². The fourth-order valence-corrected chi connectivity index (χ4v) is 2.67. The van der Waals surface area contributed by atoms with Crippen molar-refractivity contribution in [3.63, 3.8) is 0 Å². The third-order valence-electron chi connectivity index (χ3n) is 3.32. The highest BCUT2D eigenvalue weighted by atomic mass is 79.9. The summed E-state index contributed by atoms with van der Waals surface area (Å²) in [5.41, 5.74) is 1.33. The van der Waals surface area contributed by atoms with E-state index in [0.29, 0.717) is 22.1 Å². The van der Waals surface area contributed by atoms with Crippen molar-refractivity contribution in [3.8, 4) is 0 Å². The van der Waals surface area contributed by atoms with Crippen LogP contribution in [0.2, 0.25) is 0 Å². The van der Waals surface area contributed by atoms with E-state index >= 15 is 0 Å². The molecule has 0 N–H and O–H groups in total. The molecule has 4 nitrogen and oxygen atoms in total. The van der Waals surface area contributed by atoms with Crippen LogP contribution in [0.25, 0.3) is 10.9 Å². The third kappa shape index (κ3) is 2.67. The Balaban J connectivity index is 2.06. The molecular weight excluding hydrogens is 339 g/mol. The fourth-order valence-electron chi connectivity index (χ4n) is 2.32. The number of nitrogens with zero attached hydrogens (tertiary/aromatic N) is 2. The zero-order chi connectivity index (χ0) is 15.0. The molecule has 0 aliphatic carbocycles. The van der Waals surface area contributed by atoms with E-state index in [1.54, 1.807) is 29.0 Å². The number of aromatic nitrogens is 1. The summed E-state index contributed by atoms with van der Waals surface area (Å²) in [6.45, 7) is 0.316. The molecule has 0 bridgehead atoms. The van der Waals surface area contributed by atoms with Gasteiger partial charge in [-0.15, -0.1) is 0 Å². The lowest BCUT2D eigenvalue weighted by Gasteiger charge is -2.07. The minimum Gasteiger partial charge on any atom is -0.343 e. The van der Waals surface area contributed by atoms with Crippen LogP contribution in [-0.2, 0) is 6.54 Å². The number of hydrogen-bond acceptors (Lipinski definition) is 2. The van der Waals surface area contributed by atoms with E-state index in [4.69, 9.17) is 0 Å². The summed E-state index contributed by atoms with van der Waals surface area (Å²) in [5, 5.41) is 12.0. The molecule has 0 unspecified atom stereocenters. The monoisotopic (exact) mass is 348 g/mol. The van der Waals surface area contributed by atoms with E-state index in [-0.39, 0.29) is 11.5 Å². The zero-order valence-corrected chi connectivity index (χ0v) is 12.4. The van der Waals surface area contributed by atoms with Crippen molar-refractivity contribution < 1.29 is 9.31 Å². The summed E-state index contributed by atoms with van der Waals surface area (Å²) in [6.07, 6.45) is 1.80. The molecule has 0 fully saturated rings. The van der Waals surface area contributed by atoms with Gasteiger partial charge in [0.25, 0.3) is 5.69 Å². The predicted octanol–water partition coefficient (Wildman–Crippen LogP) is 4.50. The van der Waals surface area contributed by atoms with Crippen molar-refractivity contribution in [1.29, 1.82) is 0 Å². The Morgan fingerprint density at radius 2 is 2.00 bits per heavy atom. The molecule has 0 aliphatic rings. The maximum Gasteiger partial charge on any atom is 0.275 e. The highest BCUT2D eigenvalue weighted by molar-refractivity contribution is 9.10. The minimum atomic E-state index is -0.410. The lowest BCUT2D eigenvalue weighted by molar-refractivity contribution is -0.385. The summed E-state index contributed by atoms with van der Waals surface area (Å²) >= 11 is 3.23. The Hall–Kier alpha value is -2.21. The van der Waals surface area contributed by atoms with Crippen LogP contribution in [0.4, 0.5) is 10.1 Å². The molecule has 0 saturated carbocycles. The number of fused-ring (bicyclic) bond motifs is 1. The molecule has 0 saturated heterocycles. The van der Waals surface area contributed by atoms with Gasteiger partial charge >= 0.3 is 0 Å². The van der Waals surface area contributed by atoms with Crippen LogP contribution >= 0.6 is 15.9 Å². The molecule has 0 radical (unpaired) electrons. The first-order chi connectivity index (χ1) is 10.0. The second kappa shape index (κ2) is 5.29. The quantitative estimate of drug-likeness (QED) is 0.516. The molecule has 106 valence electrons. The first-order valence-corrected chi connectivity index (χ1v) is 7.01. The Morgan fingerprint density at radius 3 is 2.76 bits per heavy atom. The van der Waals surface area contributed by atoms with E-state index in [2.05, 4.69) is 15.9 Å². The molecule has 3 rings (SSSR count). The Labute approximate surface area is 128 Å². The number of benzene rings is 2. The van der Waals surface area contributed by atoms with Crippen LogP contribution in [0, 0.1) is 15.9 Å². The van der Waals surface area contributed by atoms with Gasteiger partial charge < -0.3 is 4.57 Å². The van der Waals surface area contributed by atoms with E-state index in [1.165, 1.54) is 18.2 Å². The van der Waals surface area contributed by atoms with Gasteiger partial charge in [-0.05, 0) is 41.8 Å². The van der Waals surface area contributed by atoms with Crippen LogP contribution in [0.1, 0.15) is 5.56 Å². The van der Waals surface area contributed by atoms with E-state index in [1.807, 2.05) is 6.07 Å². The smallest absolute Gasteiger partial charge is 0.275 e. The molecular formula is C15H10BrFN2O2. The Kier molecular flexibility index (Phi) is 3.47. The van der Waals surface area contributed by atoms with Gasteiger partial charge in [0.2, 0.25) is 0 Å². The van der Waals surface area contributed by atoms with Crippen LogP contribution in [0.15, 0.2) is 53.1 Å². The van der Waals surface area contributed by atoms with Crippen LogP contribution in [-0.4, -0.2) is 9.49 Å². The topological polar surface area (TPSA) is 48.1 Å². The number of rotatable bonds is 3. The van der Waals surface area contributed by atoms with Gasteiger partial charge in [-0.2, -0.15) is 0 Å². The fraction of sp³-hybridized carbons (Fsp3) is 0.0667. The van der Waals surface area contributed by atoms with Gasteiger partial charge in [0, 0.05) is 22.3 Å². The minimum absolute atomic E-state index is 0.0441. The Bertz CT molecular complexity index is 845. The van der Waals surface area contributed by atoms with Crippen molar-refractivity contribution >= 4 is 32.5 Å². The molecule has 6 heteroatoms. The molecule has 0 aliphatic heterocycles. The molecule has 2 aromatic carbocycles. The summed E-state index contributed by atoms with van der Waals surface area (Å²) in [6, 6.07) is 11.3. The first-order valence-electron chi connectivity index (χ1n) is 6.22. The molecule has 1 aromatic heterocycles. The highest BCUT2D eigenvalue weighted by Gasteiger charge is 2.15. The molecule has 1 heterocycles. The predicted molar refractivity (Wildman–Crippen MR) is 81.8 cm³/mol. The van der Waals surface area contributed by atoms with E-state index in [9.17, 15) is 14.5 Å². The second-order valence-electron chi connectivity index (χ2n) is 4.68.